The lowest BCUT2D eigenvalue weighted by Crippen LogP contribution is -1.97. The van der Waals surface area contributed by atoms with Crippen LogP contribution in [0.25, 0.3) is 15.9 Å². The maximum Gasteiger partial charge on any atom is 0.153 e. The van der Waals surface area contributed by atoms with E-state index >= 15 is 0 Å². The number of nitrogens with zero attached hydrogens (tertiary/aromatic N) is 4. The Bertz CT molecular complexity index is 988. The van der Waals surface area contributed by atoms with Crippen molar-refractivity contribution in [3.05, 3.63) is 60.0 Å². The minimum atomic E-state index is 0.853. The van der Waals surface area contributed by atoms with Crippen molar-refractivity contribution in [2.75, 3.05) is 5.32 Å². The number of aryl methyl sites for hydroxylation is 2. The quantitative estimate of drug-likeness (QED) is 0.597. The summed E-state index contributed by atoms with van der Waals surface area (Å²) in [6, 6.07) is 12.2. The lowest BCUT2D eigenvalue weighted by molar-refractivity contribution is 0.881. The van der Waals surface area contributed by atoms with Crippen LogP contribution in [0.3, 0.4) is 0 Å². The van der Waals surface area contributed by atoms with E-state index in [2.05, 4.69) is 40.8 Å². The molecule has 0 amide bonds. The fourth-order valence-electron chi connectivity index (χ4n) is 2.74. The Hall–Kier alpha value is -2.73. The zero-order valence-electron chi connectivity index (χ0n) is 13.5. The Kier molecular flexibility index (Phi) is 3.74. The van der Waals surface area contributed by atoms with Gasteiger partial charge in [-0.2, -0.15) is 9.47 Å². The minimum Gasteiger partial charge on any atom is -0.339 e. The highest BCUT2D eigenvalue weighted by atomic mass is 32.1. The smallest absolute Gasteiger partial charge is 0.153 e. The maximum atomic E-state index is 4.72. The Balaban J connectivity index is 1.70. The summed E-state index contributed by atoms with van der Waals surface area (Å²) in [7, 11) is 0. The van der Waals surface area contributed by atoms with Crippen molar-refractivity contribution in [2.45, 2.75) is 20.3 Å². The largest absolute Gasteiger partial charge is 0.339 e. The van der Waals surface area contributed by atoms with Crippen LogP contribution in [-0.2, 0) is 6.42 Å². The number of fused-ring (bicyclic) bond motifs is 1. The Morgan fingerprint density at radius 3 is 2.92 bits per heavy atom. The highest BCUT2D eigenvalue weighted by molar-refractivity contribution is 7.13. The first-order valence-electron chi connectivity index (χ1n) is 7.87. The molecule has 3 aromatic heterocycles. The summed E-state index contributed by atoms with van der Waals surface area (Å²) in [6.45, 7) is 4.23. The van der Waals surface area contributed by atoms with Gasteiger partial charge in [-0.3, -0.25) is 0 Å². The van der Waals surface area contributed by atoms with Crippen LogP contribution in [0.1, 0.15) is 18.2 Å². The molecule has 0 atom stereocenters. The number of hydrogen-bond donors (Lipinski definition) is 1. The van der Waals surface area contributed by atoms with Gasteiger partial charge in [0, 0.05) is 23.8 Å². The van der Waals surface area contributed by atoms with E-state index in [1.54, 1.807) is 6.20 Å². The molecule has 0 bridgehead atoms. The molecule has 0 spiro atoms. The van der Waals surface area contributed by atoms with Gasteiger partial charge in [-0.05, 0) is 60.8 Å². The molecule has 24 heavy (non-hydrogen) atoms. The van der Waals surface area contributed by atoms with E-state index in [9.17, 15) is 0 Å². The molecule has 0 aliphatic rings. The molecular formula is C18H17N5S. The first kappa shape index (κ1) is 14.8. The molecule has 0 aliphatic carbocycles. The first-order valence-corrected chi connectivity index (χ1v) is 8.65. The molecular weight excluding hydrogens is 318 g/mol. The third-order valence-electron chi connectivity index (χ3n) is 3.97. The van der Waals surface area contributed by atoms with Gasteiger partial charge in [0.05, 0.1) is 11.1 Å². The minimum absolute atomic E-state index is 0.853. The van der Waals surface area contributed by atoms with Crippen LogP contribution in [0.5, 0.6) is 0 Å². The predicted octanol–water partition coefficient (Wildman–Crippen LogP) is 4.49. The lowest BCUT2D eigenvalue weighted by atomic mass is 10.1. The zero-order chi connectivity index (χ0) is 16.5. The van der Waals surface area contributed by atoms with Gasteiger partial charge >= 0.3 is 0 Å². The van der Waals surface area contributed by atoms with Gasteiger partial charge in [-0.25, -0.2) is 9.67 Å². The molecule has 6 heteroatoms. The molecule has 1 aromatic carbocycles. The van der Waals surface area contributed by atoms with Gasteiger partial charge in [-0.15, -0.1) is 0 Å². The Morgan fingerprint density at radius 1 is 1.21 bits per heavy atom. The van der Waals surface area contributed by atoms with Crippen LogP contribution in [0, 0.1) is 6.92 Å². The van der Waals surface area contributed by atoms with E-state index in [-0.39, 0.29) is 0 Å². The van der Waals surface area contributed by atoms with Crippen molar-refractivity contribution >= 4 is 33.3 Å². The number of nitrogens with one attached hydrogen (secondary N) is 1. The van der Waals surface area contributed by atoms with Crippen LogP contribution < -0.4 is 5.32 Å². The number of anilines is 2. The normalized spacial score (nSPS) is 11.1. The molecule has 4 aromatic rings. The van der Waals surface area contributed by atoms with E-state index in [1.165, 1.54) is 17.1 Å². The van der Waals surface area contributed by atoms with Gasteiger partial charge in [0.25, 0.3) is 0 Å². The van der Waals surface area contributed by atoms with Crippen LogP contribution in [-0.4, -0.2) is 19.1 Å². The third-order valence-corrected chi connectivity index (χ3v) is 4.73. The van der Waals surface area contributed by atoms with Crippen LogP contribution in [0.4, 0.5) is 11.5 Å². The van der Waals surface area contributed by atoms with Crippen LogP contribution in [0.15, 0.2) is 48.8 Å². The van der Waals surface area contributed by atoms with Gasteiger partial charge < -0.3 is 5.32 Å². The van der Waals surface area contributed by atoms with Crippen molar-refractivity contribution in [2.24, 2.45) is 0 Å². The number of benzene rings is 1. The second-order valence-electron chi connectivity index (χ2n) is 5.62. The summed E-state index contributed by atoms with van der Waals surface area (Å²) in [4.78, 5) is 5.69. The lowest BCUT2D eigenvalue weighted by Gasteiger charge is -2.07. The maximum absolute atomic E-state index is 4.72. The van der Waals surface area contributed by atoms with Crippen molar-refractivity contribution in [3.8, 4) is 5.69 Å². The van der Waals surface area contributed by atoms with Crippen molar-refractivity contribution in [3.63, 3.8) is 0 Å². The average molecular weight is 335 g/mol. The monoisotopic (exact) mass is 335 g/mol. The molecule has 4 rings (SSSR count). The van der Waals surface area contributed by atoms with Crippen molar-refractivity contribution in [1.29, 1.82) is 0 Å². The van der Waals surface area contributed by atoms with E-state index in [4.69, 9.17) is 4.98 Å². The zero-order valence-corrected chi connectivity index (χ0v) is 14.3. The van der Waals surface area contributed by atoms with Gasteiger partial charge in [0.15, 0.2) is 5.82 Å². The number of pyridine rings is 1. The topological polar surface area (TPSA) is 55.6 Å². The second kappa shape index (κ2) is 6.05. The van der Waals surface area contributed by atoms with E-state index < -0.39 is 0 Å². The first-order chi connectivity index (χ1) is 11.7. The van der Waals surface area contributed by atoms with Crippen molar-refractivity contribution in [1.82, 2.24) is 19.1 Å². The summed E-state index contributed by atoms with van der Waals surface area (Å²) in [6.07, 6.45) is 4.64. The molecule has 0 unspecified atom stereocenters. The standard InChI is InChI=1S/C18H17N5S/c1-3-16-12(2)10-15-17(22-24-18(15)21-16)20-13-6-4-7-14(11-13)23-9-5-8-19-23/h4-11H,3H2,1-2H3,(H,20,22). The molecule has 0 saturated heterocycles. The molecule has 1 N–H and O–H groups in total. The second-order valence-corrected chi connectivity index (χ2v) is 6.37. The van der Waals surface area contributed by atoms with E-state index in [0.29, 0.717) is 0 Å². The molecule has 5 nitrogen and oxygen atoms in total. The van der Waals surface area contributed by atoms with Crippen LogP contribution in [0.2, 0.25) is 0 Å². The molecule has 0 saturated carbocycles. The van der Waals surface area contributed by atoms with Gasteiger partial charge in [0.1, 0.15) is 4.83 Å². The summed E-state index contributed by atoms with van der Waals surface area (Å²) in [5.74, 6) is 0.853. The summed E-state index contributed by atoms with van der Waals surface area (Å²) >= 11 is 1.43. The van der Waals surface area contributed by atoms with Crippen molar-refractivity contribution < 1.29 is 0 Å². The van der Waals surface area contributed by atoms with Crippen LogP contribution >= 0.6 is 11.5 Å². The fraction of sp³-hybridized carbons (Fsp3) is 0.167. The van der Waals surface area contributed by atoms with E-state index in [0.717, 1.165) is 39.5 Å². The SMILES string of the molecule is CCc1nc2snc(Nc3cccc(-n4cccn4)c3)c2cc1C. The summed E-state index contributed by atoms with van der Waals surface area (Å²) < 4.78 is 6.38. The highest BCUT2D eigenvalue weighted by Crippen LogP contribution is 2.30. The van der Waals surface area contributed by atoms with E-state index in [1.807, 2.05) is 35.1 Å². The Morgan fingerprint density at radius 2 is 2.12 bits per heavy atom. The molecule has 0 fully saturated rings. The molecule has 0 aliphatic heterocycles. The summed E-state index contributed by atoms with van der Waals surface area (Å²) in [5, 5.41) is 8.75. The molecule has 0 radical (unpaired) electrons. The third kappa shape index (κ3) is 2.65. The van der Waals surface area contributed by atoms with Gasteiger partial charge in [0.2, 0.25) is 0 Å². The summed E-state index contributed by atoms with van der Waals surface area (Å²) in [5.41, 5.74) is 4.33. The number of hydrogen-bond acceptors (Lipinski definition) is 5. The van der Waals surface area contributed by atoms with Gasteiger partial charge in [-0.1, -0.05) is 13.0 Å². The molecule has 3 heterocycles. The predicted molar refractivity (Wildman–Crippen MR) is 98.4 cm³/mol. The number of aromatic nitrogens is 4. The number of rotatable bonds is 4. The molecule has 120 valence electrons. The average Bonchev–Trinajstić information content (AvgIpc) is 3.25. The Labute approximate surface area is 144 Å². The highest BCUT2D eigenvalue weighted by Gasteiger charge is 2.11. The fourth-order valence-corrected chi connectivity index (χ4v) is 3.47.